The second kappa shape index (κ2) is 6.61. The molecule has 0 aliphatic heterocycles. The van der Waals surface area contributed by atoms with Crippen LogP contribution in [-0.4, -0.2) is 30.6 Å². The molecule has 0 bridgehead atoms. The summed E-state index contributed by atoms with van der Waals surface area (Å²) in [5.74, 6) is 1.07. The summed E-state index contributed by atoms with van der Waals surface area (Å²) >= 11 is 0. The fraction of sp³-hybridized carbons (Fsp3) is 1.00. The number of nitrogens with two attached hydrogens (primary N) is 1. The smallest absolute Gasteiger partial charge is 0.00952 e. The molecule has 0 saturated heterocycles. The average Bonchev–Trinajstić information content (AvgIpc) is 3.14. The topological polar surface area (TPSA) is 29.3 Å². The molecular weight excluding hydrogens is 196 g/mol. The third-order valence-electron chi connectivity index (χ3n) is 4.26. The minimum atomic E-state index is 0.854. The lowest BCUT2D eigenvalue weighted by Gasteiger charge is -2.34. The van der Waals surface area contributed by atoms with Crippen molar-refractivity contribution in [2.75, 3.05) is 19.6 Å². The number of rotatable bonds is 7. The maximum Gasteiger partial charge on any atom is 0.00952 e. The van der Waals surface area contributed by atoms with Crippen LogP contribution < -0.4 is 5.73 Å². The molecule has 2 N–H and O–H groups in total. The molecule has 2 rings (SSSR count). The van der Waals surface area contributed by atoms with Gasteiger partial charge in [-0.25, -0.2) is 0 Å². The van der Waals surface area contributed by atoms with Crippen molar-refractivity contribution in [3.63, 3.8) is 0 Å². The van der Waals surface area contributed by atoms with Crippen molar-refractivity contribution in [3.8, 4) is 0 Å². The van der Waals surface area contributed by atoms with E-state index in [0.29, 0.717) is 0 Å². The maximum atomic E-state index is 5.65. The van der Waals surface area contributed by atoms with E-state index in [1.807, 2.05) is 0 Å². The first-order valence-corrected chi connectivity index (χ1v) is 7.34. The SMILES string of the molecule is NCCCN(CCC1CC1)C1CCCCC1. The molecule has 2 saturated carbocycles. The maximum absolute atomic E-state index is 5.65. The average molecular weight is 224 g/mol. The summed E-state index contributed by atoms with van der Waals surface area (Å²) in [6, 6.07) is 0.888. The quantitative estimate of drug-likeness (QED) is 0.720. The van der Waals surface area contributed by atoms with Gasteiger partial charge in [0.05, 0.1) is 0 Å². The zero-order valence-electron chi connectivity index (χ0n) is 10.7. The molecule has 0 aromatic carbocycles. The van der Waals surface area contributed by atoms with Crippen LogP contribution in [0.25, 0.3) is 0 Å². The summed E-state index contributed by atoms with van der Waals surface area (Å²) in [7, 11) is 0. The minimum absolute atomic E-state index is 0.854. The fourth-order valence-corrected chi connectivity index (χ4v) is 2.97. The van der Waals surface area contributed by atoms with Gasteiger partial charge < -0.3 is 10.6 Å². The van der Waals surface area contributed by atoms with Gasteiger partial charge in [-0.15, -0.1) is 0 Å². The molecule has 0 radical (unpaired) electrons. The van der Waals surface area contributed by atoms with Gasteiger partial charge in [-0.1, -0.05) is 32.1 Å². The van der Waals surface area contributed by atoms with Gasteiger partial charge in [0, 0.05) is 6.04 Å². The standard InChI is InChI=1S/C14H28N2/c15-10-4-11-16(12-9-13-7-8-13)14-5-2-1-3-6-14/h13-14H,1-12,15H2. The Hall–Kier alpha value is -0.0800. The fourth-order valence-electron chi connectivity index (χ4n) is 2.97. The summed E-state index contributed by atoms with van der Waals surface area (Å²) in [6.07, 6.45) is 12.9. The van der Waals surface area contributed by atoms with Crippen molar-refractivity contribution in [2.24, 2.45) is 11.7 Å². The highest BCUT2D eigenvalue weighted by Gasteiger charge is 2.25. The van der Waals surface area contributed by atoms with Crippen LogP contribution in [-0.2, 0) is 0 Å². The van der Waals surface area contributed by atoms with E-state index in [9.17, 15) is 0 Å². The van der Waals surface area contributed by atoms with Crippen molar-refractivity contribution < 1.29 is 0 Å². The molecule has 94 valence electrons. The van der Waals surface area contributed by atoms with Gasteiger partial charge in [0.25, 0.3) is 0 Å². The number of nitrogens with zero attached hydrogens (tertiary/aromatic N) is 1. The molecule has 0 unspecified atom stereocenters. The molecule has 0 heterocycles. The second-order valence-corrected chi connectivity index (χ2v) is 5.70. The first-order valence-electron chi connectivity index (χ1n) is 7.34. The van der Waals surface area contributed by atoms with E-state index < -0.39 is 0 Å². The minimum Gasteiger partial charge on any atom is -0.330 e. The molecule has 2 nitrogen and oxygen atoms in total. The molecule has 0 atom stereocenters. The Morgan fingerprint density at radius 3 is 2.31 bits per heavy atom. The van der Waals surface area contributed by atoms with Gasteiger partial charge in [0.1, 0.15) is 0 Å². The summed E-state index contributed by atoms with van der Waals surface area (Å²) in [5, 5.41) is 0. The summed E-state index contributed by atoms with van der Waals surface area (Å²) in [6.45, 7) is 3.44. The van der Waals surface area contributed by atoms with Gasteiger partial charge in [-0.05, 0) is 51.2 Å². The van der Waals surface area contributed by atoms with Crippen molar-refractivity contribution >= 4 is 0 Å². The van der Waals surface area contributed by atoms with E-state index in [2.05, 4.69) is 4.90 Å². The summed E-state index contributed by atoms with van der Waals surface area (Å²) in [5.41, 5.74) is 5.65. The van der Waals surface area contributed by atoms with E-state index in [0.717, 1.165) is 18.5 Å². The van der Waals surface area contributed by atoms with Crippen LogP contribution in [0, 0.1) is 5.92 Å². The molecule has 0 amide bonds. The van der Waals surface area contributed by atoms with E-state index in [-0.39, 0.29) is 0 Å². The lowest BCUT2D eigenvalue weighted by atomic mass is 9.94. The Balaban J connectivity index is 1.73. The van der Waals surface area contributed by atoms with Crippen molar-refractivity contribution in [2.45, 2.75) is 63.8 Å². The zero-order valence-corrected chi connectivity index (χ0v) is 10.7. The van der Waals surface area contributed by atoms with E-state index in [1.165, 1.54) is 70.9 Å². The molecule has 2 aliphatic carbocycles. The van der Waals surface area contributed by atoms with Crippen LogP contribution in [0.3, 0.4) is 0 Å². The molecule has 0 aromatic heterocycles. The van der Waals surface area contributed by atoms with E-state index in [1.54, 1.807) is 0 Å². The lowest BCUT2D eigenvalue weighted by molar-refractivity contribution is 0.151. The summed E-state index contributed by atoms with van der Waals surface area (Å²) < 4.78 is 0. The van der Waals surface area contributed by atoms with Crippen molar-refractivity contribution in [1.29, 1.82) is 0 Å². The van der Waals surface area contributed by atoms with Crippen molar-refractivity contribution in [3.05, 3.63) is 0 Å². The Morgan fingerprint density at radius 1 is 0.938 bits per heavy atom. The van der Waals surface area contributed by atoms with Gasteiger partial charge in [-0.2, -0.15) is 0 Å². The van der Waals surface area contributed by atoms with Crippen LogP contribution in [0.4, 0.5) is 0 Å². The number of hydrogen-bond donors (Lipinski definition) is 1. The highest BCUT2D eigenvalue weighted by Crippen LogP contribution is 2.33. The monoisotopic (exact) mass is 224 g/mol. The lowest BCUT2D eigenvalue weighted by Crippen LogP contribution is -2.39. The Bertz CT molecular complexity index is 183. The molecule has 2 fully saturated rings. The van der Waals surface area contributed by atoms with Crippen LogP contribution in [0.5, 0.6) is 0 Å². The molecule has 0 spiro atoms. The third-order valence-corrected chi connectivity index (χ3v) is 4.26. The van der Waals surface area contributed by atoms with Gasteiger partial charge in [0.2, 0.25) is 0 Å². The van der Waals surface area contributed by atoms with Crippen LogP contribution in [0.1, 0.15) is 57.8 Å². The van der Waals surface area contributed by atoms with Crippen LogP contribution in [0.2, 0.25) is 0 Å². The van der Waals surface area contributed by atoms with Crippen LogP contribution in [0.15, 0.2) is 0 Å². The molecule has 2 heteroatoms. The van der Waals surface area contributed by atoms with Crippen LogP contribution >= 0.6 is 0 Å². The van der Waals surface area contributed by atoms with Gasteiger partial charge in [0.15, 0.2) is 0 Å². The molecular formula is C14H28N2. The van der Waals surface area contributed by atoms with Gasteiger partial charge >= 0.3 is 0 Å². The summed E-state index contributed by atoms with van der Waals surface area (Å²) in [4.78, 5) is 2.75. The second-order valence-electron chi connectivity index (χ2n) is 5.70. The van der Waals surface area contributed by atoms with Crippen molar-refractivity contribution in [1.82, 2.24) is 4.90 Å². The molecule has 0 aromatic rings. The Kier molecular flexibility index (Phi) is 5.11. The normalized spacial score (nSPS) is 22.9. The van der Waals surface area contributed by atoms with E-state index >= 15 is 0 Å². The first-order chi connectivity index (χ1) is 7.90. The van der Waals surface area contributed by atoms with Gasteiger partial charge in [-0.3, -0.25) is 0 Å². The van der Waals surface area contributed by atoms with E-state index in [4.69, 9.17) is 5.73 Å². The Morgan fingerprint density at radius 2 is 1.69 bits per heavy atom. The highest BCUT2D eigenvalue weighted by atomic mass is 15.2. The first kappa shape index (κ1) is 12.4. The largest absolute Gasteiger partial charge is 0.330 e. The zero-order chi connectivity index (χ0) is 11.2. The predicted octanol–water partition coefficient (Wildman–Crippen LogP) is 2.77. The number of hydrogen-bond acceptors (Lipinski definition) is 2. The predicted molar refractivity (Wildman–Crippen MR) is 69.5 cm³/mol. The Labute approximate surface area is 101 Å². The molecule has 16 heavy (non-hydrogen) atoms. The highest BCUT2D eigenvalue weighted by molar-refractivity contribution is 4.79. The third kappa shape index (κ3) is 4.06. The molecule has 2 aliphatic rings.